The van der Waals surface area contributed by atoms with Crippen LogP contribution < -0.4 is 5.32 Å². The molecule has 0 aliphatic rings. The second-order valence-electron chi connectivity index (χ2n) is 3.22. The summed E-state index contributed by atoms with van der Waals surface area (Å²) in [4.78, 5) is 16.0. The zero-order valence-electron chi connectivity index (χ0n) is 8.54. The molecule has 0 unspecified atom stereocenters. The second kappa shape index (κ2) is 8.04. The van der Waals surface area contributed by atoms with Crippen molar-refractivity contribution in [1.29, 1.82) is 0 Å². The summed E-state index contributed by atoms with van der Waals surface area (Å²) in [5.41, 5.74) is 1.68. The fourth-order valence-electron chi connectivity index (χ4n) is 1.19. The quantitative estimate of drug-likeness (QED) is 0.472. The van der Waals surface area contributed by atoms with Crippen LogP contribution in [0.2, 0.25) is 0 Å². The van der Waals surface area contributed by atoms with Crippen molar-refractivity contribution in [2.45, 2.75) is 25.7 Å². The Morgan fingerprint density at radius 3 is 2.87 bits per heavy atom. The summed E-state index contributed by atoms with van der Waals surface area (Å²) in [5.74, 6) is 0.00592. The third-order valence-electron chi connectivity index (χ3n) is 2.00. The second-order valence-corrected chi connectivity index (χ2v) is 5.19. The Morgan fingerprint density at radius 2 is 2.20 bits per heavy atom. The van der Waals surface area contributed by atoms with Crippen LogP contribution in [-0.4, -0.2) is 21.9 Å². The van der Waals surface area contributed by atoms with Crippen LogP contribution in [0, 0.1) is 0 Å². The smallest absolute Gasteiger partial charge is 0.262 e. The van der Waals surface area contributed by atoms with E-state index in [1.807, 2.05) is 0 Å². The van der Waals surface area contributed by atoms with Gasteiger partial charge in [-0.05, 0) is 17.3 Å². The molecule has 3 nitrogen and oxygen atoms in total. The maximum Gasteiger partial charge on any atom is 0.262 e. The van der Waals surface area contributed by atoms with Crippen molar-refractivity contribution in [2.24, 2.45) is 0 Å². The van der Waals surface area contributed by atoms with Crippen LogP contribution in [-0.2, 0) is 0 Å². The van der Waals surface area contributed by atoms with Crippen molar-refractivity contribution >= 4 is 39.8 Å². The first-order chi connectivity index (χ1) is 7.34. The summed E-state index contributed by atoms with van der Waals surface area (Å²) in [7, 11) is 0. The lowest BCUT2D eigenvalue weighted by molar-refractivity contribution is 0.0957. The molecule has 0 bridgehead atoms. The molecule has 0 saturated carbocycles. The van der Waals surface area contributed by atoms with Gasteiger partial charge in [0.05, 0.1) is 11.7 Å². The molecular formula is C10H15IN2OS. The van der Waals surface area contributed by atoms with E-state index in [2.05, 4.69) is 32.9 Å². The van der Waals surface area contributed by atoms with Crippen LogP contribution in [0.1, 0.15) is 35.4 Å². The Labute approximate surface area is 108 Å². The Morgan fingerprint density at radius 1 is 1.40 bits per heavy atom. The SMILES string of the molecule is O=C(NCCCCCCI)c1cncs1. The fraction of sp³-hybridized carbons (Fsp3) is 0.600. The van der Waals surface area contributed by atoms with Gasteiger partial charge < -0.3 is 5.32 Å². The summed E-state index contributed by atoms with van der Waals surface area (Å²) >= 11 is 3.77. The van der Waals surface area contributed by atoms with Gasteiger partial charge in [0.15, 0.2) is 0 Å². The summed E-state index contributed by atoms with van der Waals surface area (Å²) in [5, 5.41) is 2.89. The first-order valence-corrected chi connectivity index (χ1v) is 7.48. The van der Waals surface area contributed by atoms with Crippen molar-refractivity contribution in [2.75, 3.05) is 11.0 Å². The topological polar surface area (TPSA) is 42.0 Å². The van der Waals surface area contributed by atoms with Crippen molar-refractivity contribution in [1.82, 2.24) is 10.3 Å². The highest BCUT2D eigenvalue weighted by molar-refractivity contribution is 14.1. The maximum atomic E-state index is 11.5. The Bertz CT molecular complexity index is 277. The predicted molar refractivity (Wildman–Crippen MR) is 71.8 cm³/mol. The number of carbonyl (C=O) groups is 1. The van der Waals surface area contributed by atoms with Crippen LogP contribution in [0.25, 0.3) is 0 Å². The molecule has 1 rings (SSSR count). The van der Waals surface area contributed by atoms with Crippen molar-refractivity contribution < 1.29 is 4.79 Å². The van der Waals surface area contributed by atoms with Gasteiger partial charge in [-0.25, -0.2) is 0 Å². The monoisotopic (exact) mass is 338 g/mol. The number of hydrogen-bond donors (Lipinski definition) is 1. The van der Waals surface area contributed by atoms with E-state index in [1.165, 1.54) is 35.0 Å². The number of amides is 1. The highest BCUT2D eigenvalue weighted by Gasteiger charge is 2.04. The number of nitrogens with zero attached hydrogens (tertiary/aromatic N) is 1. The highest BCUT2D eigenvalue weighted by atomic mass is 127. The third-order valence-corrected chi connectivity index (χ3v) is 3.54. The average Bonchev–Trinajstić information content (AvgIpc) is 2.76. The molecule has 1 N–H and O–H groups in total. The summed E-state index contributed by atoms with van der Waals surface area (Å²) in [6.07, 6.45) is 6.42. The average molecular weight is 338 g/mol. The first-order valence-electron chi connectivity index (χ1n) is 5.07. The molecule has 0 radical (unpaired) electrons. The van der Waals surface area contributed by atoms with Crippen molar-refractivity contribution in [3.63, 3.8) is 0 Å². The number of carbonyl (C=O) groups excluding carboxylic acids is 1. The third kappa shape index (κ3) is 5.46. The number of halogens is 1. The van der Waals surface area contributed by atoms with Crippen molar-refractivity contribution in [3.05, 3.63) is 16.6 Å². The lowest BCUT2D eigenvalue weighted by Crippen LogP contribution is -2.23. The molecule has 0 fully saturated rings. The minimum absolute atomic E-state index is 0.00592. The normalized spacial score (nSPS) is 10.2. The molecule has 0 atom stereocenters. The van der Waals surface area contributed by atoms with Gasteiger partial charge in [-0.3, -0.25) is 9.78 Å². The fourth-order valence-corrected chi connectivity index (χ4v) is 2.27. The van der Waals surface area contributed by atoms with E-state index in [9.17, 15) is 4.79 Å². The molecule has 1 amide bonds. The molecule has 5 heteroatoms. The molecule has 0 aromatic carbocycles. The molecule has 1 aromatic heterocycles. The Kier molecular flexibility index (Phi) is 6.91. The Hall–Kier alpha value is -0.170. The lowest BCUT2D eigenvalue weighted by Gasteiger charge is -2.02. The number of unbranched alkanes of at least 4 members (excludes halogenated alkanes) is 3. The van der Waals surface area contributed by atoms with Gasteiger partial charge >= 0.3 is 0 Å². The van der Waals surface area contributed by atoms with E-state index in [-0.39, 0.29) is 5.91 Å². The minimum Gasteiger partial charge on any atom is -0.351 e. The van der Waals surface area contributed by atoms with Crippen LogP contribution in [0.15, 0.2) is 11.7 Å². The van der Waals surface area contributed by atoms with E-state index in [0.717, 1.165) is 13.0 Å². The molecular weight excluding hydrogens is 323 g/mol. The molecule has 84 valence electrons. The van der Waals surface area contributed by atoms with Gasteiger partial charge in [-0.1, -0.05) is 35.4 Å². The zero-order chi connectivity index (χ0) is 10.9. The van der Waals surface area contributed by atoms with E-state index in [0.29, 0.717) is 4.88 Å². The first kappa shape index (κ1) is 12.9. The molecule has 1 heterocycles. The van der Waals surface area contributed by atoms with E-state index >= 15 is 0 Å². The highest BCUT2D eigenvalue weighted by Crippen LogP contribution is 2.05. The zero-order valence-corrected chi connectivity index (χ0v) is 11.5. The summed E-state index contributed by atoms with van der Waals surface area (Å²) in [6.45, 7) is 0.776. The van der Waals surface area contributed by atoms with E-state index in [1.54, 1.807) is 11.7 Å². The van der Waals surface area contributed by atoms with Gasteiger partial charge in [-0.15, -0.1) is 11.3 Å². The van der Waals surface area contributed by atoms with E-state index in [4.69, 9.17) is 0 Å². The molecule has 15 heavy (non-hydrogen) atoms. The van der Waals surface area contributed by atoms with Gasteiger partial charge in [0.25, 0.3) is 5.91 Å². The van der Waals surface area contributed by atoms with Gasteiger partial charge in [0, 0.05) is 6.54 Å². The minimum atomic E-state index is 0.00592. The molecule has 0 saturated heterocycles. The van der Waals surface area contributed by atoms with E-state index < -0.39 is 0 Å². The molecule has 0 aliphatic heterocycles. The predicted octanol–water partition coefficient (Wildman–Crippen LogP) is 2.87. The van der Waals surface area contributed by atoms with Gasteiger partial charge in [-0.2, -0.15) is 0 Å². The standard InChI is InChI=1S/C10H15IN2OS/c11-5-3-1-2-4-6-13-10(14)9-7-12-8-15-9/h7-8H,1-6H2,(H,13,14). The van der Waals surface area contributed by atoms with Gasteiger partial charge in [0.1, 0.15) is 4.88 Å². The maximum absolute atomic E-state index is 11.5. The molecule has 0 aliphatic carbocycles. The summed E-state index contributed by atoms with van der Waals surface area (Å²) < 4.78 is 1.23. The molecule has 1 aromatic rings. The largest absolute Gasteiger partial charge is 0.351 e. The lowest BCUT2D eigenvalue weighted by atomic mass is 10.2. The number of hydrogen-bond acceptors (Lipinski definition) is 3. The van der Waals surface area contributed by atoms with Gasteiger partial charge in [0.2, 0.25) is 0 Å². The molecule has 0 spiro atoms. The van der Waals surface area contributed by atoms with Crippen LogP contribution in [0.3, 0.4) is 0 Å². The summed E-state index contributed by atoms with van der Waals surface area (Å²) in [6, 6.07) is 0. The number of thiazole rings is 1. The van der Waals surface area contributed by atoms with Crippen LogP contribution in [0.5, 0.6) is 0 Å². The number of nitrogens with one attached hydrogen (secondary N) is 1. The Balaban J connectivity index is 2.03. The number of rotatable bonds is 7. The number of aromatic nitrogens is 1. The van der Waals surface area contributed by atoms with Crippen molar-refractivity contribution in [3.8, 4) is 0 Å². The number of alkyl halides is 1. The van der Waals surface area contributed by atoms with Crippen LogP contribution in [0.4, 0.5) is 0 Å². The van der Waals surface area contributed by atoms with Crippen LogP contribution >= 0.6 is 33.9 Å².